The number of hydrogen-bond donors (Lipinski definition) is 1. The Morgan fingerprint density at radius 3 is 2.96 bits per heavy atom. The van der Waals surface area contributed by atoms with Crippen LogP contribution in [0.3, 0.4) is 0 Å². The predicted octanol–water partition coefficient (Wildman–Crippen LogP) is 3.95. The molecule has 0 bridgehead atoms. The van der Waals surface area contributed by atoms with Crippen LogP contribution in [0, 0.1) is 17.2 Å². The summed E-state index contributed by atoms with van der Waals surface area (Å²) in [5.41, 5.74) is 1.91. The number of rotatable bonds is 4. The maximum atomic E-state index is 12.3. The number of thiophene rings is 1. The summed E-state index contributed by atoms with van der Waals surface area (Å²) in [4.78, 5) is 16.0. The third-order valence-corrected chi connectivity index (χ3v) is 6.39. The first kappa shape index (κ1) is 17.4. The van der Waals surface area contributed by atoms with E-state index in [1.807, 2.05) is 0 Å². The van der Waals surface area contributed by atoms with Gasteiger partial charge in [0, 0.05) is 24.4 Å². The van der Waals surface area contributed by atoms with Crippen LogP contribution in [0.4, 0.5) is 5.00 Å². The molecule has 130 valence electrons. The van der Waals surface area contributed by atoms with E-state index in [1.165, 1.54) is 36.1 Å². The number of fused-ring (bicyclic) bond motifs is 1. The highest BCUT2D eigenvalue weighted by atomic mass is 32.1. The van der Waals surface area contributed by atoms with Crippen molar-refractivity contribution in [3.63, 3.8) is 0 Å². The van der Waals surface area contributed by atoms with Crippen molar-refractivity contribution >= 4 is 22.2 Å². The first-order valence-corrected chi connectivity index (χ1v) is 10.1. The number of nitriles is 1. The third kappa shape index (κ3) is 4.17. The SMILES string of the molecule is CC1CCCN(CCC(=O)Nc2sc3c(c2C#N)CCCCC3)C1. The summed E-state index contributed by atoms with van der Waals surface area (Å²) in [6.45, 7) is 5.31. The van der Waals surface area contributed by atoms with Crippen molar-refractivity contribution < 1.29 is 4.79 Å². The molecule has 1 saturated heterocycles. The lowest BCUT2D eigenvalue weighted by Gasteiger charge is -2.30. The topological polar surface area (TPSA) is 56.1 Å². The molecule has 0 aromatic carbocycles. The van der Waals surface area contributed by atoms with Crippen LogP contribution >= 0.6 is 11.3 Å². The van der Waals surface area contributed by atoms with Gasteiger partial charge in [0.2, 0.25) is 5.91 Å². The van der Waals surface area contributed by atoms with Crippen molar-refractivity contribution in [2.75, 3.05) is 25.0 Å². The fourth-order valence-electron chi connectivity index (χ4n) is 3.89. The molecule has 0 spiro atoms. The van der Waals surface area contributed by atoms with Crippen LogP contribution in [0.5, 0.6) is 0 Å². The average Bonchev–Trinajstić information content (AvgIpc) is 2.73. The van der Waals surface area contributed by atoms with E-state index in [4.69, 9.17) is 0 Å². The molecule has 0 radical (unpaired) electrons. The number of hydrogen-bond acceptors (Lipinski definition) is 4. The van der Waals surface area contributed by atoms with Crippen molar-refractivity contribution in [2.24, 2.45) is 5.92 Å². The molecule has 1 aliphatic heterocycles. The molecule has 0 saturated carbocycles. The number of likely N-dealkylation sites (tertiary alicyclic amines) is 1. The molecule has 4 nitrogen and oxygen atoms in total. The molecular formula is C19H27N3OS. The zero-order valence-corrected chi connectivity index (χ0v) is 15.4. The van der Waals surface area contributed by atoms with E-state index in [2.05, 4.69) is 23.2 Å². The molecule has 24 heavy (non-hydrogen) atoms. The first-order chi connectivity index (χ1) is 11.7. The van der Waals surface area contributed by atoms with Gasteiger partial charge in [0.1, 0.15) is 11.1 Å². The standard InChI is InChI=1S/C19H27N3OS/c1-14-6-5-10-22(13-14)11-9-18(23)21-19-16(12-20)15-7-3-2-4-8-17(15)24-19/h14H,2-11,13H2,1H3,(H,21,23). The number of piperidine rings is 1. The van der Waals surface area contributed by atoms with Crippen LogP contribution < -0.4 is 5.32 Å². The molecule has 2 aliphatic rings. The van der Waals surface area contributed by atoms with E-state index in [1.54, 1.807) is 11.3 Å². The third-order valence-electron chi connectivity index (χ3n) is 5.18. The number of carbonyl (C=O) groups is 1. The minimum atomic E-state index is 0.0427. The second kappa shape index (κ2) is 8.13. The molecule has 1 amide bonds. The fourth-order valence-corrected chi connectivity index (χ4v) is 5.14. The molecule has 1 aromatic rings. The monoisotopic (exact) mass is 345 g/mol. The largest absolute Gasteiger partial charge is 0.317 e. The summed E-state index contributed by atoms with van der Waals surface area (Å²) in [6.07, 6.45) is 8.67. The van der Waals surface area contributed by atoms with Crippen molar-refractivity contribution in [1.82, 2.24) is 4.90 Å². The van der Waals surface area contributed by atoms with Gasteiger partial charge in [-0.25, -0.2) is 0 Å². The van der Waals surface area contributed by atoms with Gasteiger partial charge in [0.25, 0.3) is 0 Å². The molecule has 1 N–H and O–H groups in total. The van der Waals surface area contributed by atoms with Gasteiger partial charge in [0.15, 0.2) is 0 Å². The second-order valence-corrected chi connectivity index (χ2v) is 8.33. The summed E-state index contributed by atoms with van der Waals surface area (Å²) in [5.74, 6) is 0.779. The summed E-state index contributed by atoms with van der Waals surface area (Å²) in [6, 6.07) is 2.33. The highest BCUT2D eigenvalue weighted by Gasteiger charge is 2.21. The molecule has 1 aliphatic carbocycles. The van der Waals surface area contributed by atoms with Gasteiger partial charge in [-0.2, -0.15) is 5.26 Å². The van der Waals surface area contributed by atoms with Gasteiger partial charge >= 0.3 is 0 Å². The van der Waals surface area contributed by atoms with E-state index in [-0.39, 0.29) is 5.91 Å². The van der Waals surface area contributed by atoms with E-state index < -0.39 is 0 Å². The highest BCUT2D eigenvalue weighted by molar-refractivity contribution is 7.16. The summed E-state index contributed by atoms with van der Waals surface area (Å²) in [5, 5.41) is 13.3. The van der Waals surface area contributed by atoms with Crippen LogP contribution in [-0.2, 0) is 17.6 Å². The van der Waals surface area contributed by atoms with Gasteiger partial charge in [-0.3, -0.25) is 4.79 Å². The van der Waals surface area contributed by atoms with Gasteiger partial charge in [0.05, 0.1) is 5.56 Å². The zero-order chi connectivity index (χ0) is 16.9. The fraction of sp³-hybridized carbons (Fsp3) is 0.684. The van der Waals surface area contributed by atoms with Gasteiger partial charge < -0.3 is 10.2 Å². The normalized spacial score (nSPS) is 21.6. The molecule has 5 heteroatoms. The molecule has 3 rings (SSSR count). The Labute approximate surface area is 148 Å². The van der Waals surface area contributed by atoms with E-state index in [0.29, 0.717) is 6.42 Å². The number of nitrogens with one attached hydrogen (secondary N) is 1. The molecule has 1 aromatic heterocycles. The Morgan fingerprint density at radius 2 is 2.17 bits per heavy atom. The van der Waals surface area contributed by atoms with Crippen LogP contribution in [0.15, 0.2) is 0 Å². The maximum absolute atomic E-state index is 12.3. The van der Waals surface area contributed by atoms with Crippen molar-refractivity contribution in [3.8, 4) is 6.07 Å². The van der Waals surface area contributed by atoms with Crippen molar-refractivity contribution in [2.45, 2.75) is 58.3 Å². The Morgan fingerprint density at radius 1 is 1.33 bits per heavy atom. The predicted molar refractivity (Wildman–Crippen MR) is 98.4 cm³/mol. The van der Waals surface area contributed by atoms with Crippen molar-refractivity contribution in [3.05, 3.63) is 16.0 Å². The number of amides is 1. The maximum Gasteiger partial charge on any atom is 0.226 e. The quantitative estimate of drug-likeness (QED) is 0.841. The summed E-state index contributed by atoms with van der Waals surface area (Å²) >= 11 is 1.62. The molecular weight excluding hydrogens is 318 g/mol. The average molecular weight is 346 g/mol. The van der Waals surface area contributed by atoms with Gasteiger partial charge in [-0.05, 0) is 56.6 Å². The van der Waals surface area contributed by atoms with Crippen LogP contribution in [0.2, 0.25) is 0 Å². The van der Waals surface area contributed by atoms with Crippen LogP contribution in [-0.4, -0.2) is 30.4 Å². The van der Waals surface area contributed by atoms with E-state index in [9.17, 15) is 10.1 Å². The number of anilines is 1. The lowest BCUT2D eigenvalue weighted by atomic mass is 10.0. The van der Waals surface area contributed by atoms with Crippen LogP contribution in [0.1, 0.15) is 61.5 Å². The van der Waals surface area contributed by atoms with Crippen molar-refractivity contribution in [1.29, 1.82) is 5.26 Å². The lowest BCUT2D eigenvalue weighted by Crippen LogP contribution is -2.36. The van der Waals surface area contributed by atoms with Gasteiger partial charge in [-0.15, -0.1) is 11.3 Å². The Bertz CT molecular complexity index is 631. The summed E-state index contributed by atoms with van der Waals surface area (Å²) < 4.78 is 0. The molecule has 1 atom stereocenters. The Hall–Kier alpha value is -1.38. The summed E-state index contributed by atoms with van der Waals surface area (Å²) in [7, 11) is 0. The lowest BCUT2D eigenvalue weighted by molar-refractivity contribution is -0.116. The first-order valence-electron chi connectivity index (χ1n) is 9.24. The minimum absolute atomic E-state index is 0.0427. The number of carbonyl (C=O) groups excluding carboxylic acids is 1. The van der Waals surface area contributed by atoms with Crippen LogP contribution in [0.25, 0.3) is 0 Å². The Balaban J connectivity index is 1.59. The highest BCUT2D eigenvalue weighted by Crippen LogP contribution is 2.37. The van der Waals surface area contributed by atoms with Gasteiger partial charge in [-0.1, -0.05) is 13.3 Å². The second-order valence-electron chi connectivity index (χ2n) is 7.23. The number of aryl methyl sites for hydroxylation is 1. The van der Waals surface area contributed by atoms with E-state index >= 15 is 0 Å². The molecule has 2 heterocycles. The molecule has 1 fully saturated rings. The smallest absolute Gasteiger partial charge is 0.226 e. The van der Waals surface area contributed by atoms with E-state index in [0.717, 1.165) is 55.4 Å². The molecule has 1 unspecified atom stereocenters. The number of nitrogens with zero attached hydrogens (tertiary/aromatic N) is 2. The Kier molecular flexibility index (Phi) is 5.91. The zero-order valence-electron chi connectivity index (χ0n) is 14.6. The minimum Gasteiger partial charge on any atom is -0.317 e.